The Balaban J connectivity index is 2.67. The molecule has 104 valence electrons. The number of carbonyl (C=O) groups is 2. The molecule has 4 nitrogen and oxygen atoms in total. The van der Waals surface area contributed by atoms with Gasteiger partial charge < -0.3 is 9.47 Å². The minimum Gasteiger partial charge on any atom is -0.480 e. The zero-order valence-electron chi connectivity index (χ0n) is 11.1. The van der Waals surface area contributed by atoms with Gasteiger partial charge in [-0.15, -0.1) is 0 Å². The summed E-state index contributed by atoms with van der Waals surface area (Å²) >= 11 is 6.00. The van der Waals surface area contributed by atoms with E-state index >= 15 is 0 Å². The Labute approximate surface area is 117 Å². The van der Waals surface area contributed by atoms with Crippen molar-refractivity contribution in [3.05, 3.63) is 28.8 Å². The first kappa shape index (κ1) is 15.5. The maximum absolute atomic E-state index is 11.7. The van der Waals surface area contributed by atoms with Gasteiger partial charge in [-0.2, -0.15) is 0 Å². The summed E-state index contributed by atoms with van der Waals surface area (Å²) in [4.78, 5) is 22.8. The van der Waals surface area contributed by atoms with Crippen molar-refractivity contribution in [1.29, 1.82) is 0 Å². The number of ketones is 1. The van der Waals surface area contributed by atoms with Crippen LogP contribution < -0.4 is 4.74 Å². The molecule has 1 aromatic carbocycles. The molecular formula is C14H17ClO4. The number of Topliss-reactive ketones (excluding diaryl/α,β-unsaturated/α-hetero) is 1. The van der Waals surface area contributed by atoms with E-state index in [0.29, 0.717) is 29.4 Å². The summed E-state index contributed by atoms with van der Waals surface area (Å²) in [5, 5.41) is 0.311. The number of benzene rings is 1. The molecule has 0 atom stereocenters. The third-order valence-corrected chi connectivity index (χ3v) is 2.68. The smallest absolute Gasteiger partial charge is 0.344 e. The molecule has 5 heteroatoms. The lowest BCUT2D eigenvalue weighted by molar-refractivity contribution is -0.145. The Morgan fingerprint density at radius 2 is 2.00 bits per heavy atom. The van der Waals surface area contributed by atoms with E-state index in [1.807, 2.05) is 6.92 Å². The average Bonchev–Trinajstić information content (AvgIpc) is 2.38. The lowest BCUT2D eigenvalue weighted by Gasteiger charge is -2.08. The molecule has 19 heavy (non-hydrogen) atoms. The highest BCUT2D eigenvalue weighted by atomic mass is 35.5. The molecule has 0 spiro atoms. The number of halogens is 1. The second-order valence-corrected chi connectivity index (χ2v) is 4.32. The molecule has 0 saturated heterocycles. The van der Waals surface area contributed by atoms with Crippen LogP contribution in [0.3, 0.4) is 0 Å². The fraction of sp³-hybridized carbons (Fsp3) is 0.429. The number of ether oxygens (including phenoxy) is 2. The Kier molecular flexibility index (Phi) is 6.36. The van der Waals surface area contributed by atoms with Gasteiger partial charge in [-0.1, -0.05) is 18.5 Å². The van der Waals surface area contributed by atoms with Crippen molar-refractivity contribution >= 4 is 23.4 Å². The van der Waals surface area contributed by atoms with Crippen molar-refractivity contribution in [1.82, 2.24) is 0 Å². The van der Waals surface area contributed by atoms with Crippen LogP contribution in [0.4, 0.5) is 0 Å². The van der Waals surface area contributed by atoms with Crippen LogP contribution in [-0.2, 0) is 9.53 Å². The SMILES string of the molecule is CCCC(=O)c1ccc(OCC(=O)OCC)c(Cl)c1. The predicted molar refractivity (Wildman–Crippen MR) is 72.8 cm³/mol. The maximum atomic E-state index is 11.7. The van der Waals surface area contributed by atoms with Gasteiger partial charge in [-0.05, 0) is 31.5 Å². The third-order valence-electron chi connectivity index (χ3n) is 2.38. The van der Waals surface area contributed by atoms with E-state index in [-0.39, 0.29) is 12.4 Å². The monoisotopic (exact) mass is 284 g/mol. The van der Waals surface area contributed by atoms with E-state index in [0.717, 1.165) is 6.42 Å². The molecule has 0 fully saturated rings. The highest BCUT2D eigenvalue weighted by Crippen LogP contribution is 2.26. The summed E-state index contributed by atoms with van der Waals surface area (Å²) in [6.07, 6.45) is 1.27. The molecule has 0 radical (unpaired) electrons. The van der Waals surface area contributed by atoms with Crippen molar-refractivity contribution in [2.45, 2.75) is 26.7 Å². The Bertz CT molecular complexity index is 457. The summed E-state index contributed by atoms with van der Waals surface area (Å²) < 4.78 is 9.96. The topological polar surface area (TPSA) is 52.6 Å². The van der Waals surface area contributed by atoms with Crippen LogP contribution in [0.15, 0.2) is 18.2 Å². The van der Waals surface area contributed by atoms with Gasteiger partial charge >= 0.3 is 5.97 Å². The van der Waals surface area contributed by atoms with Crippen LogP contribution in [0, 0.1) is 0 Å². The van der Waals surface area contributed by atoms with Crippen LogP contribution in [0.1, 0.15) is 37.0 Å². The quantitative estimate of drug-likeness (QED) is 0.570. The maximum Gasteiger partial charge on any atom is 0.344 e. The molecule has 0 heterocycles. The molecule has 0 amide bonds. The number of hydrogen-bond donors (Lipinski definition) is 0. The standard InChI is InChI=1S/C14H17ClO4/c1-3-5-12(16)10-6-7-13(11(15)8-10)19-9-14(17)18-4-2/h6-8H,3-5,9H2,1-2H3. The van der Waals surface area contributed by atoms with Crippen molar-refractivity contribution in [2.75, 3.05) is 13.2 Å². The first-order valence-corrected chi connectivity index (χ1v) is 6.57. The highest BCUT2D eigenvalue weighted by Gasteiger charge is 2.10. The number of esters is 1. The van der Waals surface area contributed by atoms with E-state index in [2.05, 4.69) is 0 Å². The molecule has 0 aliphatic heterocycles. The van der Waals surface area contributed by atoms with Crippen molar-refractivity contribution in [3.8, 4) is 5.75 Å². The Morgan fingerprint density at radius 1 is 1.26 bits per heavy atom. The van der Waals surface area contributed by atoms with Gasteiger partial charge in [0.05, 0.1) is 11.6 Å². The molecule has 0 saturated carbocycles. The molecular weight excluding hydrogens is 268 g/mol. The van der Waals surface area contributed by atoms with Gasteiger partial charge in [0.15, 0.2) is 12.4 Å². The van der Waals surface area contributed by atoms with Gasteiger partial charge in [0, 0.05) is 12.0 Å². The number of carbonyl (C=O) groups excluding carboxylic acids is 2. The summed E-state index contributed by atoms with van der Waals surface area (Å²) in [5.41, 5.74) is 0.551. The van der Waals surface area contributed by atoms with Crippen molar-refractivity contribution < 1.29 is 19.1 Å². The van der Waals surface area contributed by atoms with Crippen LogP contribution in [0.5, 0.6) is 5.75 Å². The molecule has 1 aromatic rings. The summed E-state index contributed by atoms with van der Waals surface area (Å²) in [5.74, 6) is -0.0474. The van der Waals surface area contributed by atoms with E-state index in [9.17, 15) is 9.59 Å². The van der Waals surface area contributed by atoms with Crippen LogP contribution >= 0.6 is 11.6 Å². The number of rotatable bonds is 7. The van der Waals surface area contributed by atoms with Crippen LogP contribution in [-0.4, -0.2) is 25.0 Å². The van der Waals surface area contributed by atoms with Crippen LogP contribution in [0.25, 0.3) is 0 Å². The minimum absolute atomic E-state index is 0.0429. The molecule has 0 N–H and O–H groups in total. The van der Waals surface area contributed by atoms with Gasteiger partial charge in [-0.3, -0.25) is 4.79 Å². The van der Waals surface area contributed by atoms with E-state index < -0.39 is 5.97 Å². The summed E-state index contributed by atoms with van der Waals surface area (Å²) in [6, 6.07) is 4.79. The van der Waals surface area contributed by atoms with Gasteiger partial charge in [-0.25, -0.2) is 4.79 Å². The highest BCUT2D eigenvalue weighted by molar-refractivity contribution is 6.32. The second kappa shape index (κ2) is 7.79. The zero-order chi connectivity index (χ0) is 14.3. The lowest BCUT2D eigenvalue weighted by Crippen LogP contribution is -2.14. The minimum atomic E-state index is -0.454. The summed E-state index contributed by atoms with van der Waals surface area (Å²) in [7, 11) is 0. The van der Waals surface area contributed by atoms with Crippen molar-refractivity contribution in [2.24, 2.45) is 0 Å². The molecule has 1 rings (SSSR count). The third kappa shape index (κ3) is 4.91. The zero-order valence-corrected chi connectivity index (χ0v) is 11.8. The van der Waals surface area contributed by atoms with Gasteiger partial charge in [0.1, 0.15) is 5.75 Å². The van der Waals surface area contributed by atoms with E-state index in [4.69, 9.17) is 21.1 Å². The fourth-order valence-corrected chi connectivity index (χ4v) is 1.74. The average molecular weight is 285 g/mol. The molecule has 0 aliphatic rings. The first-order chi connectivity index (χ1) is 9.08. The lowest BCUT2D eigenvalue weighted by atomic mass is 10.1. The first-order valence-electron chi connectivity index (χ1n) is 6.19. The molecule has 0 aromatic heterocycles. The summed E-state index contributed by atoms with van der Waals surface area (Å²) in [6.45, 7) is 3.77. The van der Waals surface area contributed by atoms with Gasteiger partial charge in [0.2, 0.25) is 0 Å². The van der Waals surface area contributed by atoms with E-state index in [1.165, 1.54) is 0 Å². The largest absolute Gasteiger partial charge is 0.480 e. The number of hydrogen-bond acceptors (Lipinski definition) is 4. The normalized spacial score (nSPS) is 10.1. The van der Waals surface area contributed by atoms with Gasteiger partial charge in [0.25, 0.3) is 0 Å². The molecule has 0 aliphatic carbocycles. The van der Waals surface area contributed by atoms with Crippen molar-refractivity contribution in [3.63, 3.8) is 0 Å². The Morgan fingerprint density at radius 3 is 2.58 bits per heavy atom. The predicted octanol–water partition coefficient (Wildman–Crippen LogP) is 3.26. The molecule has 0 unspecified atom stereocenters. The Hall–Kier alpha value is -1.55. The van der Waals surface area contributed by atoms with E-state index in [1.54, 1.807) is 25.1 Å². The molecule has 0 bridgehead atoms. The van der Waals surface area contributed by atoms with Crippen LogP contribution in [0.2, 0.25) is 5.02 Å². The fourth-order valence-electron chi connectivity index (χ4n) is 1.50. The second-order valence-electron chi connectivity index (χ2n) is 3.91.